The summed E-state index contributed by atoms with van der Waals surface area (Å²) < 4.78 is 15.5. The Morgan fingerprint density at radius 2 is 1.59 bits per heavy atom. The van der Waals surface area contributed by atoms with Gasteiger partial charge in [0.1, 0.15) is 18.9 Å². The molecular weight excluding hydrogens is 556 g/mol. The van der Waals surface area contributed by atoms with Gasteiger partial charge >= 0.3 is 11.7 Å². The average molecular weight is 591 g/mol. The van der Waals surface area contributed by atoms with Gasteiger partial charge in [-0.25, -0.2) is 4.79 Å². The van der Waals surface area contributed by atoms with Crippen LogP contribution < -0.4 is 15.2 Å². The van der Waals surface area contributed by atoms with Crippen molar-refractivity contribution in [1.29, 1.82) is 0 Å². The molecule has 9 nitrogen and oxygen atoms in total. The molecule has 0 bridgehead atoms. The number of rotatable bonds is 10. The van der Waals surface area contributed by atoms with Gasteiger partial charge < -0.3 is 14.6 Å². The first-order chi connectivity index (χ1) is 21.4. The van der Waals surface area contributed by atoms with Gasteiger partial charge in [-0.05, 0) is 53.8 Å². The van der Waals surface area contributed by atoms with Crippen LogP contribution in [0.15, 0.2) is 102 Å². The SMILES string of the molecule is C[C@@H]1C=C(c2ccc3c(c2)n(C)c(=O)n3-c2ccc(OCc3ccccc3)nc2OCc2ccccc2)CCN1CC(=O)O. The Bertz CT molecular complexity index is 1880. The molecule has 0 aliphatic carbocycles. The number of nitrogens with zero attached hydrogens (tertiary/aromatic N) is 4. The lowest BCUT2D eigenvalue weighted by atomic mass is 9.96. The van der Waals surface area contributed by atoms with Gasteiger partial charge in [-0.2, -0.15) is 4.98 Å². The first-order valence-corrected chi connectivity index (χ1v) is 14.6. The maximum absolute atomic E-state index is 13.7. The number of ether oxygens (including phenoxy) is 2. The minimum Gasteiger partial charge on any atom is -0.480 e. The van der Waals surface area contributed by atoms with Crippen LogP contribution in [0.1, 0.15) is 30.0 Å². The molecule has 1 atom stereocenters. The highest BCUT2D eigenvalue weighted by Crippen LogP contribution is 2.31. The Hall–Kier alpha value is -5.15. The van der Waals surface area contributed by atoms with Crippen LogP contribution in [0.2, 0.25) is 0 Å². The summed E-state index contributed by atoms with van der Waals surface area (Å²) in [5, 5.41) is 9.22. The van der Waals surface area contributed by atoms with Gasteiger partial charge in [-0.1, -0.05) is 72.8 Å². The lowest BCUT2D eigenvalue weighted by Gasteiger charge is -2.31. The number of aromatic nitrogens is 3. The monoisotopic (exact) mass is 590 g/mol. The quantitative estimate of drug-likeness (QED) is 0.231. The molecule has 3 aromatic carbocycles. The van der Waals surface area contributed by atoms with E-state index in [0.29, 0.717) is 30.6 Å². The minimum atomic E-state index is -0.830. The molecule has 0 radical (unpaired) electrons. The third-order valence-corrected chi connectivity index (χ3v) is 7.96. The van der Waals surface area contributed by atoms with Gasteiger partial charge in [0.2, 0.25) is 11.8 Å². The van der Waals surface area contributed by atoms with Crippen molar-refractivity contribution in [3.8, 4) is 17.4 Å². The molecule has 0 amide bonds. The van der Waals surface area contributed by atoms with E-state index in [-0.39, 0.29) is 24.9 Å². The van der Waals surface area contributed by atoms with Crippen LogP contribution in [-0.2, 0) is 25.1 Å². The average Bonchev–Trinajstić information content (AvgIpc) is 3.29. The Morgan fingerprint density at radius 1 is 0.909 bits per heavy atom. The second-order valence-corrected chi connectivity index (χ2v) is 10.9. The molecule has 1 aliphatic rings. The van der Waals surface area contributed by atoms with E-state index in [1.807, 2.05) is 96.8 Å². The smallest absolute Gasteiger partial charge is 0.333 e. The second-order valence-electron chi connectivity index (χ2n) is 10.9. The van der Waals surface area contributed by atoms with Crippen molar-refractivity contribution in [2.45, 2.75) is 32.6 Å². The first-order valence-electron chi connectivity index (χ1n) is 14.6. The molecule has 1 N–H and O–H groups in total. The van der Waals surface area contributed by atoms with Crippen LogP contribution in [0.25, 0.3) is 22.3 Å². The lowest BCUT2D eigenvalue weighted by molar-refractivity contribution is -0.138. The molecule has 0 saturated carbocycles. The number of pyridine rings is 1. The molecule has 9 heteroatoms. The highest BCUT2D eigenvalue weighted by Gasteiger charge is 2.23. The first kappa shape index (κ1) is 28.9. The predicted molar refractivity (Wildman–Crippen MR) is 169 cm³/mol. The van der Waals surface area contributed by atoms with Gasteiger partial charge in [0, 0.05) is 25.7 Å². The van der Waals surface area contributed by atoms with Crippen molar-refractivity contribution in [3.05, 3.63) is 124 Å². The fourth-order valence-electron chi connectivity index (χ4n) is 5.59. The molecule has 6 rings (SSSR count). The summed E-state index contributed by atoms with van der Waals surface area (Å²) in [7, 11) is 1.76. The topological polar surface area (TPSA) is 98.8 Å². The van der Waals surface area contributed by atoms with E-state index in [1.54, 1.807) is 22.2 Å². The molecule has 224 valence electrons. The van der Waals surface area contributed by atoms with Crippen LogP contribution in [-0.4, -0.2) is 49.2 Å². The van der Waals surface area contributed by atoms with Crippen molar-refractivity contribution >= 4 is 22.6 Å². The van der Waals surface area contributed by atoms with E-state index >= 15 is 0 Å². The van der Waals surface area contributed by atoms with E-state index in [1.165, 1.54) is 0 Å². The van der Waals surface area contributed by atoms with E-state index in [0.717, 1.165) is 39.7 Å². The Kier molecular flexibility index (Phi) is 8.29. The Balaban J connectivity index is 1.35. The fraction of sp³-hybridized carbons (Fsp3) is 0.229. The van der Waals surface area contributed by atoms with Crippen molar-refractivity contribution < 1.29 is 19.4 Å². The van der Waals surface area contributed by atoms with Crippen LogP contribution in [0.5, 0.6) is 11.8 Å². The molecule has 0 saturated heterocycles. The summed E-state index contributed by atoms with van der Waals surface area (Å²) in [6.07, 6.45) is 2.83. The number of hydrogen-bond acceptors (Lipinski definition) is 6. The molecule has 2 aromatic heterocycles. The van der Waals surface area contributed by atoms with Gasteiger partial charge in [-0.3, -0.25) is 18.8 Å². The standard InChI is InChI=1S/C35H34N4O5/c1-24-19-28(17-18-38(24)21-33(40)41)27-13-14-29-31(20-27)37(2)35(42)39(29)30-15-16-32(43-22-25-9-5-3-6-10-25)36-34(30)44-23-26-11-7-4-8-12-26/h3-16,19-20,24H,17-18,21-23H2,1-2H3,(H,40,41)/t24-/m1/s1. The molecule has 3 heterocycles. The number of carboxylic acid groups (broad SMARTS) is 1. The van der Waals surface area contributed by atoms with Gasteiger partial charge in [0.15, 0.2) is 0 Å². The molecule has 1 aliphatic heterocycles. The molecular formula is C35H34N4O5. The third-order valence-electron chi connectivity index (χ3n) is 7.96. The summed E-state index contributed by atoms with van der Waals surface area (Å²) in [6.45, 7) is 3.30. The zero-order valence-electron chi connectivity index (χ0n) is 24.7. The summed E-state index contributed by atoms with van der Waals surface area (Å²) >= 11 is 0. The fourth-order valence-corrected chi connectivity index (χ4v) is 5.59. The second kappa shape index (κ2) is 12.6. The predicted octanol–water partition coefficient (Wildman–Crippen LogP) is 5.44. The number of carboxylic acids is 1. The normalized spacial score (nSPS) is 15.2. The zero-order chi connectivity index (χ0) is 30.6. The van der Waals surface area contributed by atoms with Crippen LogP contribution >= 0.6 is 0 Å². The Morgan fingerprint density at radius 3 is 2.25 bits per heavy atom. The summed E-state index contributed by atoms with van der Waals surface area (Å²) in [4.78, 5) is 31.6. The van der Waals surface area contributed by atoms with Gasteiger partial charge in [0.05, 0.1) is 17.6 Å². The van der Waals surface area contributed by atoms with Gasteiger partial charge in [0.25, 0.3) is 0 Å². The minimum absolute atomic E-state index is 0.00279. The molecule has 44 heavy (non-hydrogen) atoms. The van der Waals surface area contributed by atoms with E-state index in [9.17, 15) is 14.7 Å². The largest absolute Gasteiger partial charge is 0.480 e. The van der Waals surface area contributed by atoms with Crippen molar-refractivity contribution in [2.75, 3.05) is 13.1 Å². The maximum atomic E-state index is 13.7. The number of fused-ring (bicyclic) bond motifs is 1. The van der Waals surface area contributed by atoms with Gasteiger partial charge in [-0.15, -0.1) is 0 Å². The highest BCUT2D eigenvalue weighted by atomic mass is 16.5. The highest BCUT2D eigenvalue weighted by molar-refractivity contribution is 5.84. The van der Waals surface area contributed by atoms with Crippen LogP contribution in [0.4, 0.5) is 0 Å². The lowest BCUT2D eigenvalue weighted by Crippen LogP contribution is -2.39. The number of aliphatic carboxylic acids is 1. The van der Waals surface area contributed by atoms with E-state index < -0.39 is 5.97 Å². The number of aryl methyl sites for hydroxylation is 1. The zero-order valence-corrected chi connectivity index (χ0v) is 24.7. The number of benzene rings is 3. The third kappa shape index (κ3) is 6.14. The molecule has 0 unspecified atom stereocenters. The van der Waals surface area contributed by atoms with E-state index in [2.05, 4.69) is 6.08 Å². The Labute approximate surface area is 255 Å². The van der Waals surface area contributed by atoms with Crippen molar-refractivity contribution in [3.63, 3.8) is 0 Å². The number of carbonyl (C=O) groups is 1. The molecule has 0 spiro atoms. The summed E-state index contributed by atoms with van der Waals surface area (Å²) in [6, 6.07) is 29.2. The summed E-state index contributed by atoms with van der Waals surface area (Å²) in [5.74, 6) is -0.143. The summed E-state index contributed by atoms with van der Waals surface area (Å²) in [5.41, 5.74) is 5.93. The van der Waals surface area contributed by atoms with Crippen LogP contribution in [0.3, 0.4) is 0 Å². The number of hydrogen-bond donors (Lipinski definition) is 1. The van der Waals surface area contributed by atoms with Crippen molar-refractivity contribution in [1.82, 2.24) is 19.0 Å². The molecule has 0 fully saturated rings. The number of imidazole rings is 1. The maximum Gasteiger partial charge on any atom is 0.333 e. The molecule has 5 aromatic rings. The van der Waals surface area contributed by atoms with Crippen molar-refractivity contribution in [2.24, 2.45) is 7.05 Å². The van der Waals surface area contributed by atoms with Crippen LogP contribution in [0, 0.1) is 0 Å². The van der Waals surface area contributed by atoms with E-state index in [4.69, 9.17) is 14.5 Å².